The Morgan fingerprint density at radius 3 is 2.59 bits per heavy atom. The standard InChI is InChI=1S/C14H31N3/c1-5-7-14(11-15-8-6-2)17-10-9-16(4)12-13(17)3/h13-15H,5-12H2,1-4H3. The third-order valence-corrected chi connectivity index (χ3v) is 3.78. The number of nitrogens with one attached hydrogen (secondary N) is 1. The molecule has 1 aliphatic heterocycles. The Morgan fingerprint density at radius 2 is 2.00 bits per heavy atom. The lowest BCUT2D eigenvalue weighted by molar-refractivity contribution is 0.0570. The largest absolute Gasteiger partial charge is 0.315 e. The van der Waals surface area contributed by atoms with Crippen LogP contribution >= 0.6 is 0 Å². The Labute approximate surface area is 108 Å². The third kappa shape index (κ3) is 4.94. The summed E-state index contributed by atoms with van der Waals surface area (Å²) in [4.78, 5) is 5.16. The van der Waals surface area contributed by atoms with Crippen LogP contribution in [0.4, 0.5) is 0 Å². The molecule has 0 aromatic heterocycles. The fourth-order valence-electron chi connectivity index (χ4n) is 2.86. The van der Waals surface area contributed by atoms with Crippen molar-refractivity contribution in [2.75, 3.05) is 39.8 Å². The van der Waals surface area contributed by atoms with Gasteiger partial charge in [-0.25, -0.2) is 0 Å². The number of likely N-dealkylation sites (N-methyl/N-ethyl adjacent to an activating group) is 1. The second-order valence-corrected chi connectivity index (χ2v) is 5.50. The van der Waals surface area contributed by atoms with Gasteiger partial charge in [-0.2, -0.15) is 0 Å². The SMILES string of the molecule is CCCNCC(CCC)N1CCN(C)CC1C. The average Bonchev–Trinajstić information content (AvgIpc) is 2.28. The van der Waals surface area contributed by atoms with Crippen molar-refractivity contribution in [2.45, 2.75) is 52.1 Å². The molecule has 102 valence electrons. The van der Waals surface area contributed by atoms with Crippen molar-refractivity contribution in [3.8, 4) is 0 Å². The van der Waals surface area contributed by atoms with Crippen LogP contribution in [0.1, 0.15) is 40.0 Å². The van der Waals surface area contributed by atoms with Gasteiger partial charge in [0.15, 0.2) is 0 Å². The zero-order chi connectivity index (χ0) is 12.7. The molecule has 0 saturated carbocycles. The summed E-state index contributed by atoms with van der Waals surface area (Å²) in [6, 6.07) is 1.43. The van der Waals surface area contributed by atoms with Crippen molar-refractivity contribution in [1.82, 2.24) is 15.1 Å². The molecular weight excluding hydrogens is 210 g/mol. The first-order valence-corrected chi connectivity index (χ1v) is 7.34. The van der Waals surface area contributed by atoms with Gasteiger partial charge in [-0.15, -0.1) is 0 Å². The Kier molecular flexibility index (Phi) is 7.09. The van der Waals surface area contributed by atoms with Crippen LogP contribution in [-0.4, -0.2) is 61.7 Å². The normalized spacial score (nSPS) is 25.1. The molecule has 1 N–H and O–H groups in total. The highest BCUT2D eigenvalue weighted by Gasteiger charge is 2.27. The summed E-state index contributed by atoms with van der Waals surface area (Å²) < 4.78 is 0. The number of piperazine rings is 1. The molecule has 2 unspecified atom stereocenters. The van der Waals surface area contributed by atoms with Gasteiger partial charge in [-0.1, -0.05) is 20.3 Å². The topological polar surface area (TPSA) is 18.5 Å². The van der Waals surface area contributed by atoms with E-state index in [0.29, 0.717) is 6.04 Å². The predicted molar refractivity (Wildman–Crippen MR) is 75.5 cm³/mol. The summed E-state index contributed by atoms with van der Waals surface area (Å²) >= 11 is 0. The maximum atomic E-state index is 3.59. The fourth-order valence-corrected chi connectivity index (χ4v) is 2.86. The second kappa shape index (κ2) is 8.06. The predicted octanol–water partition coefficient (Wildman–Crippen LogP) is 1.79. The van der Waals surface area contributed by atoms with Crippen molar-refractivity contribution in [3.63, 3.8) is 0 Å². The first-order chi connectivity index (χ1) is 8.19. The van der Waals surface area contributed by atoms with Crippen LogP contribution < -0.4 is 5.32 Å². The van der Waals surface area contributed by atoms with Gasteiger partial charge in [0, 0.05) is 38.3 Å². The summed E-state index contributed by atoms with van der Waals surface area (Å²) in [5.41, 5.74) is 0. The van der Waals surface area contributed by atoms with Crippen molar-refractivity contribution in [2.24, 2.45) is 0 Å². The second-order valence-electron chi connectivity index (χ2n) is 5.50. The van der Waals surface area contributed by atoms with E-state index in [1.165, 1.54) is 38.9 Å². The van der Waals surface area contributed by atoms with Gasteiger partial charge in [0.1, 0.15) is 0 Å². The van der Waals surface area contributed by atoms with Crippen LogP contribution in [-0.2, 0) is 0 Å². The summed E-state index contributed by atoms with van der Waals surface area (Å²) in [5, 5.41) is 3.59. The van der Waals surface area contributed by atoms with E-state index >= 15 is 0 Å². The van der Waals surface area contributed by atoms with E-state index in [1.807, 2.05) is 0 Å². The molecule has 1 heterocycles. The molecule has 1 saturated heterocycles. The smallest absolute Gasteiger partial charge is 0.0224 e. The molecule has 0 radical (unpaired) electrons. The maximum absolute atomic E-state index is 3.59. The van der Waals surface area contributed by atoms with Crippen molar-refractivity contribution in [1.29, 1.82) is 0 Å². The zero-order valence-electron chi connectivity index (χ0n) is 12.2. The molecule has 3 nitrogen and oxygen atoms in total. The Bertz CT molecular complexity index is 196. The molecular formula is C14H31N3. The van der Waals surface area contributed by atoms with E-state index in [-0.39, 0.29) is 0 Å². The minimum absolute atomic E-state index is 0.703. The highest BCUT2D eigenvalue weighted by molar-refractivity contribution is 4.84. The fraction of sp³-hybridized carbons (Fsp3) is 1.00. The van der Waals surface area contributed by atoms with Crippen LogP contribution in [0.25, 0.3) is 0 Å². The molecule has 0 spiro atoms. The molecule has 0 aromatic rings. The molecule has 17 heavy (non-hydrogen) atoms. The molecule has 1 fully saturated rings. The molecule has 1 aliphatic rings. The van der Waals surface area contributed by atoms with Gasteiger partial charge in [-0.3, -0.25) is 4.90 Å². The minimum atomic E-state index is 0.703. The van der Waals surface area contributed by atoms with E-state index in [1.54, 1.807) is 0 Å². The van der Waals surface area contributed by atoms with E-state index in [9.17, 15) is 0 Å². The summed E-state index contributed by atoms with van der Waals surface area (Å²) in [7, 11) is 2.23. The molecule has 0 bridgehead atoms. The Morgan fingerprint density at radius 1 is 1.24 bits per heavy atom. The molecule has 2 atom stereocenters. The monoisotopic (exact) mass is 241 g/mol. The van der Waals surface area contributed by atoms with Gasteiger partial charge < -0.3 is 10.2 Å². The Hall–Kier alpha value is -0.120. The molecule has 1 rings (SSSR count). The van der Waals surface area contributed by atoms with E-state index in [0.717, 1.165) is 19.1 Å². The molecule has 0 amide bonds. The number of hydrogen-bond acceptors (Lipinski definition) is 3. The van der Waals surface area contributed by atoms with Crippen LogP contribution in [0.15, 0.2) is 0 Å². The first kappa shape index (κ1) is 14.9. The van der Waals surface area contributed by atoms with Gasteiger partial charge in [0.25, 0.3) is 0 Å². The first-order valence-electron chi connectivity index (χ1n) is 7.34. The van der Waals surface area contributed by atoms with Gasteiger partial charge >= 0.3 is 0 Å². The minimum Gasteiger partial charge on any atom is -0.315 e. The van der Waals surface area contributed by atoms with Crippen LogP contribution in [0.5, 0.6) is 0 Å². The van der Waals surface area contributed by atoms with Crippen molar-refractivity contribution >= 4 is 0 Å². The summed E-state index contributed by atoms with van der Waals surface area (Å²) in [6.07, 6.45) is 3.85. The third-order valence-electron chi connectivity index (χ3n) is 3.78. The van der Waals surface area contributed by atoms with Crippen LogP contribution in [0.3, 0.4) is 0 Å². The highest BCUT2D eigenvalue weighted by atomic mass is 15.3. The number of rotatable bonds is 7. The molecule has 0 aliphatic carbocycles. The van der Waals surface area contributed by atoms with Gasteiger partial charge in [-0.05, 0) is 33.4 Å². The van der Waals surface area contributed by atoms with E-state index in [2.05, 4.69) is 42.9 Å². The lowest BCUT2D eigenvalue weighted by Crippen LogP contribution is -2.56. The maximum Gasteiger partial charge on any atom is 0.0224 e. The van der Waals surface area contributed by atoms with E-state index < -0.39 is 0 Å². The highest BCUT2D eigenvalue weighted by Crippen LogP contribution is 2.15. The number of nitrogens with zero attached hydrogens (tertiary/aromatic N) is 2. The van der Waals surface area contributed by atoms with Gasteiger partial charge in [0.05, 0.1) is 0 Å². The van der Waals surface area contributed by atoms with E-state index in [4.69, 9.17) is 0 Å². The van der Waals surface area contributed by atoms with Gasteiger partial charge in [0.2, 0.25) is 0 Å². The lowest BCUT2D eigenvalue weighted by Gasteiger charge is -2.43. The zero-order valence-corrected chi connectivity index (χ0v) is 12.2. The quantitative estimate of drug-likeness (QED) is 0.686. The van der Waals surface area contributed by atoms with Crippen LogP contribution in [0.2, 0.25) is 0 Å². The van der Waals surface area contributed by atoms with Crippen molar-refractivity contribution in [3.05, 3.63) is 0 Å². The molecule has 3 heteroatoms. The average molecular weight is 241 g/mol. The summed E-state index contributed by atoms with van der Waals surface area (Å²) in [6.45, 7) is 12.9. The molecule has 0 aromatic carbocycles. The van der Waals surface area contributed by atoms with Crippen molar-refractivity contribution < 1.29 is 0 Å². The summed E-state index contributed by atoms with van der Waals surface area (Å²) in [5.74, 6) is 0. The Balaban J connectivity index is 2.44. The van der Waals surface area contributed by atoms with Crippen LogP contribution in [0, 0.1) is 0 Å². The number of hydrogen-bond donors (Lipinski definition) is 1. The lowest BCUT2D eigenvalue weighted by atomic mass is 10.1.